The van der Waals surface area contributed by atoms with Crippen LogP contribution in [0.1, 0.15) is 25.0 Å². The van der Waals surface area contributed by atoms with E-state index in [0.717, 1.165) is 15.6 Å². The molecule has 0 aromatic heterocycles. The van der Waals surface area contributed by atoms with E-state index in [0.29, 0.717) is 18.1 Å². The molecule has 26 heavy (non-hydrogen) atoms. The smallest absolute Gasteiger partial charge is 0.242 e. The Balaban J connectivity index is 2.21. The summed E-state index contributed by atoms with van der Waals surface area (Å²) in [6, 6.07) is 14.3. The van der Waals surface area contributed by atoms with Gasteiger partial charge in [-0.3, -0.25) is 9.59 Å². The summed E-state index contributed by atoms with van der Waals surface area (Å²) >= 11 is 9.35. The van der Waals surface area contributed by atoms with E-state index in [2.05, 4.69) is 21.2 Å². The standard InChI is InChI=1S/C20H22BrClN2O2/c1-3-23-20(26)14(2)24(13-16-5-4-6-17(21)11-16)19(25)12-15-7-9-18(22)10-8-15/h4-11,14H,3,12-13H2,1-2H3,(H,23,26)/t14-/m1/s1. The monoisotopic (exact) mass is 436 g/mol. The number of hydrogen-bond donors (Lipinski definition) is 1. The van der Waals surface area contributed by atoms with Crippen molar-refractivity contribution >= 4 is 39.3 Å². The number of likely N-dealkylation sites (N-methyl/N-ethyl adjacent to an activating group) is 1. The van der Waals surface area contributed by atoms with Crippen LogP contribution in [-0.4, -0.2) is 29.3 Å². The SMILES string of the molecule is CCNC(=O)[C@@H](C)N(Cc1cccc(Br)c1)C(=O)Cc1ccc(Cl)cc1. The molecule has 2 aromatic rings. The van der Waals surface area contributed by atoms with Crippen molar-refractivity contribution in [3.05, 3.63) is 69.2 Å². The fraction of sp³-hybridized carbons (Fsp3) is 0.300. The normalized spacial score (nSPS) is 11.7. The Morgan fingerprint density at radius 2 is 1.85 bits per heavy atom. The van der Waals surface area contributed by atoms with E-state index in [9.17, 15) is 9.59 Å². The molecule has 0 aliphatic carbocycles. The van der Waals surface area contributed by atoms with Gasteiger partial charge in [-0.15, -0.1) is 0 Å². The van der Waals surface area contributed by atoms with Crippen molar-refractivity contribution in [1.29, 1.82) is 0 Å². The summed E-state index contributed by atoms with van der Waals surface area (Å²) in [5.41, 5.74) is 1.82. The minimum Gasteiger partial charge on any atom is -0.355 e. The summed E-state index contributed by atoms with van der Waals surface area (Å²) in [6.45, 7) is 4.50. The minimum atomic E-state index is -0.561. The molecule has 6 heteroatoms. The van der Waals surface area contributed by atoms with Gasteiger partial charge in [-0.2, -0.15) is 0 Å². The lowest BCUT2D eigenvalue weighted by molar-refractivity contribution is -0.140. The molecule has 0 unspecified atom stereocenters. The van der Waals surface area contributed by atoms with Gasteiger partial charge in [0.2, 0.25) is 11.8 Å². The third kappa shape index (κ3) is 5.85. The summed E-state index contributed by atoms with van der Waals surface area (Å²) < 4.78 is 0.936. The lowest BCUT2D eigenvalue weighted by Crippen LogP contribution is -2.48. The summed E-state index contributed by atoms with van der Waals surface area (Å²) in [6.07, 6.45) is 0.217. The van der Waals surface area contributed by atoms with E-state index in [4.69, 9.17) is 11.6 Å². The van der Waals surface area contributed by atoms with Crippen molar-refractivity contribution in [3.8, 4) is 0 Å². The van der Waals surface area contributed by atoms with E-state index in [1.54, 1.807) is 24.0 Å². The van der Waals surface area contributed by atoms with Crippen molar-refractivity contribution in [1.82, 2.24) is 10.2 Å². The zero-order chi connectivity index (χ0) is 19.1. The third-order valence-electron chi connectivity index (χ3n) is 4.03. The summed E-state index contributed by atoms with van der Waals surface area (Å²) in [5, 5.41) is 3.42. The van der Waals surface area contributed by atoms with Gasteiger partial charge < -0.3 is 10.2 Å². The van der Waals surface area contributed by atoms with Gasteiger partial charge in [0.15, 0.2) is 0 Å². The van der Waals surface area contributed by atoms with Crippen molar-refractivity contribution < 1.29 is 9.59 Å². The molecule has 138 valence electrons. The van der Waals surface area contributed by atoms with Gasteiger partial charge in [-0.1, -0.05) is 51.8 Å². The molecule has 0 fully saturated rings. The van der Waals surface area contributed by atoms with Crippen LogP contribution in [0.25, 0.3) is 0 Å². The van der Waals surface area contributed by atoms with Gasteiger partial charge in [-0.25, -0.2) is 0 Å². The average molecular weight is 438 g/mol. The van der Waals surface area contributed by atoms with E-state index < -0.39 is 6.04 Å². The highest BCUT2D eigenvalue weighted by Gasteiger charge is 2.25. The van der Waals surface area contributed by atoms with Crippen LogP contribution in [0.3, 0.4) is 0 Å². The van der Waals surface area contributed by atoms with E-state index in [1.165, 1.54) is 0 Å². The molecule has 2 aromatic carbocycles. The largest absolute Gasteiger partial charge is 0.355 e. The molecule has 1 N–H and O–H groups in total. The Morgan fingerprint density at radius 3 is 2.46 bits per heavy atom. The lowest BCUT2D eigenvalue weighted by atomic mass is 10.1. The number of carbonyl (C=O) groups is 2. The fourth-order valence-electron chi connectivity index (χ4n) is 2.62. The molecule has 0 radical (unpaired) electrons. The highest BCUT2D eigenvalue weighted by atomic mass is 79.9. The Hall–Kier alpha value is -1.85. The molecule has 4 nitrogen and oxygen atoms in total. The van der Waals surface area contributed by atoms with Crippen LogP contribution in [0.4, 0.5) is 0 Å². The zero-order valence-corrected chi connectivity index (χ0v) is 17.2. The van der Waals surface area contributed by atoms with Crippen LogP contribution < -0.4 is 5.32 Å². The molecular formula is C20H22BrClN2O2. The van der Waals surface area contributed by atoms with Crippen LogP contribution in [0.5, 0.6) is 0 Å². The minimum absolute atomic E-state index is 0.106. The molecule has 2 rings (SSSR count). The first kappa shape index (κ1) is 20.5. The van der Waals surface area contributed by atoms with Gasteiger partial charge in [0.25, 0.3) is 0 Å². The van der Waals surface area contributed by atoms with Crippen molar-refractivity contribution in [2.45, 2.75) is 32.9 Å². The number of amides is 2. The maximum Gasteiger partial charge on any atom is 0.242 e. The molecule has 0 saturated carbocycles. The van der Waals surface area contributed by atoms with Crippen molar-refractivity contribution in [2.75, 3.05) is 6.54 Å². The maximum absolute atomic E-state index is 12.9. The van der Waals surface area contributed by atoms with E-state index >= 15 is 0 Å². The fourth-order valence-corrected chi connectivity index (χ4v) is 3.19. The van der Waals surface area contributed by atoms with E-state index in [1.807, 2.05) is 43.3 Å². The molecule has 2 amide bonds. The van der Waals surface area contributed by atoms with Gasteiger partial charge in [-0.05, 0) is 49.2 Å². The first-order valence-electron chi connectivity index (χ1n) is 8.46. The molecule has 0 bridgehead atoms. The Bertz CT molecular complexity index is 765. The van der Waals surface area contributed by atoms with Crippen molar-refractivity contribution in [3.63, 3.8) is 0 Å². The molecule has 1 atom stereocenters. The number of rotatable bonds is 7. The number of carbonyl (C=O) groups excluding carboxylic acids is 2. The number of nitrogens with one attached hydrogen (secondary N) is 1. The molecule has 0 saturated heterocycles. The lowest BCUT2D eigenvalue weighted by Gasteiger charge is -2.29. The van der Waals surface area contributed by atoms with Gasteiger partial charge >= 0.3 is 0 Å². The van der Waals surface area contributed by atoms with Gasteiger partial charge in [0.05, 0.1) is 6.42 Å². The second kappa shape index (κ2) is 9.74. The average Bonchev–Trinajstić information content (AvgIpc) is 2.61. The Morgan fingerprint density at radius 1 is 1.15 bits per heavy atom. The van der Waals surface area contributed by atoms with Gasteiger partial charge in [0.1, 0.15) is 6.04 Å². The van der Waals surface area contributed by atoms with Crippen molar-refractivity contribution in [2.24, 2.45) is 0 Å². The van der Waals surface area contributed by atoms with Crippen LogP contribution in [0.15, 0.2) is 53.0 Å². The first-order valence-corrected chi connectivity index (χ1v) is 9.64. The zero-order valence-electron chi connectivity index (χ0n) is 14.8. The summed E-state index contributed by atoms with van der Waals surface area (Å²) in [4.78, 5) is 26.9. The molecule has 0 spiro atoms. The number of nitrogens with zero attached hydrogens (tertiary/aromatic N) is 1. The van der Waals surface area contributed by atoms with Gasteiger partial charge in [0, 0.05) is 22.6 Å². The first-order chi connectivity index (χ1) is 12.4. The molecule has 0 aliphatic rings. The predicted molar refractivity (Wildman–Crippen MR) is 108 cm³/mol. The van der Waals surface area contributed by atoms with Crippen LogP contribution in [0, 0.1) is 0 Å². The topological polar surface area (TPSA) is 49.4 Å². The molecule has 0 heterocycles. The van der Waals surface area contributed by atoms with Crippen LogP contribution >= 0.6 is 27.5 Å². The summed E-state index contributed by atoms with van der Waals surface area (Å²) in [5.74, 6) is -0.266. The highest BCUT2D eigenvalue weighted by Crippen LogP contribution is 2.17. The number of hydrogen-bond acceptors (Lipinski definition) is 2. The summed E-state index contributed by atoms with van der Waals surface area (Å²) in [7, 11) is 0. The highest BCUT2D eigenvalue weighted by molar-refractivity contribution is 9.10. The second-order valence-corrected chi connectivity index (χ2v) is 7.38. The Kier molecular flexibility index (Phi) is 7.66. The third-order valence-corrected chi connectivity index (χ3v) is 4.77. The van der Waals surface area contributed by atoms with E-state index in [-0.39, 0.29) is 18.2 Å². The maximum atomic E-state index is 12.9. The Labute approximate surface area is 167 Å². The van der Waals surface area contributed by atoms with Crippen LogP contribution in [-0.2, 0) is 22.6 Å². The number of halogens is 2. The quantitative estimate of drug-likeness (QED) is 0.706. The molecular weight excluding hydrogens is 416 g/mol. The van der Waals surface area contributed by atoms with Crippen LogP contribution in [0.2, 0.25) is 5.02 Å². The predicted octanol–water partition coefficient (Wildman–Crippen LogP) is 4.20. The molecule has 0 aliphatic heterocycles. The second-order valence-electron chi connectivity index (χ2n) is 6.03. The number of benzene rings is 2.